The van der Waals surface area contributed by atoms with Crippen molar-refractivity contribution < 1.29 is 20.4 Å². The maximum absolute atomic E-state index is 11.3. The van der Waals surface area contributed by atoms with Gasteiger partial charge in [0.15, 0.2) is 6.04 Å². The Morgan fingerprint density at radius 3 is 2.86 bits per heavy atom. The van der Waals surface area contributed by atoms with Crippen LogP contribution < -0.4 is 11.1 Å². The van der Waals surface area contributed by atoms with E-state index in [2.05, 4.69) is 11.1 Å². The van der Waals surface area contributed by atoms with Gasteiger partial charge in [0.25, 0.3) is 5.91 Å². The fourth-order valence-electron chi connectivity index (χ4n) is 0.798. The molecule has 0 unspecified atom stereocenters. The average molecular weight is 215 g/mol. The fraction of sp³-hybridized carbons (Fsp3) is 0.250. The second-order valence-corrected chi connectivity index (χ2v) is 3.67. The Morgan fingerprint density at radius 1 is 1.64 bits per heavy atom. The van der Waals surface area contributed by atoms with Crippen molar-refractivity contribution in [3.8, 4) is 0 Å². The van der Waals surface area contributed by atoms with Crippen molar-refractivity contribution in [1.82, 2.24) is 5.32 Å². The molecule has 0 saturated heterocycles. The summed E-state index contributed by atoms with van der Waals surface area (Å²) in [6.45, 7) is 0.0477. The van der Waals surface area contributed by atoms with Crippen LogP contribution in [-0.2, 0) is 4.79 Å². The van der Waals surface area contributed by atoms with Gasteiger partial charge in [-0.3, -0.25) is 4.79 Å². The number of carbonyl (C=O) groups is 2. The molecule has 6 heteroatoms. The molecule has 0 aliphatic heterocycles. The van der Waals surface area contributed by atoms with Gasteiger partial charge in [-0.05, 0) is 11.4 Å². The van der Waals surface area contributed by atoms with Crippen molar-refractivity contribution in [1.29, 1.82) is 0 Å². The van der Waals surface area contributed by atoms with Crippen molar-refractivity contribution in [2.75, 3.05) is 6.54 Å². The Morgan fingerprint density at radius 2 is 2.36 bits per heavy atom. The molecule has 76 valence electrons. The number of nitrogens with one attached hydrogen (secondary N) is 1. The lowest BCUT2D eigenvalue weighted by molar-refractivity contribution is -0.404. The van der Waals surface area contributed by atoms with Crippen LogP contribution in [0.5, 0.6) is 0 Å². The van der Waals surface area contributed by atoms with Gasteiger partial charge in [-0.1, -0.05) is 6.07 Å². The van der Waals surface area contributed by atoms with Crippen molar-refractivity contribution in [2.24, 2.45) is 0 Å². The topological polar surface area (TPSA) is 94.0 Å². The molecule has 0 fully saturated rings. The quantitative estimate of drug-likeness (QED) is 0.612. The predicted molar refractivity (Wildman–Crippen MR) is 51.0 cm³/mol. The van der Waals surface area contributed by atoms with Crippen LogP contribution in [0.3, 0.4) is 0 Å². The van der Waals surface area contributed by atoms with Crippen molar-refractivity contribution in [3.63, 3.8) is 0 Å². The molecule has 0 aliphatic rings. The first kappa shape index (κ1) is 10.7. The monoisotopic (exact) mass is 215 g/mol. The number of carbonyl (C=O) groups excluding carboxylic acids is 1. The molecule has 0 bridgehead atoms. The SMILES string of the molecule is [NH3+][C@H](CNC(=O)c1cccs1)C(=O)O. The fourth-order valence-corrected chi connectivity index (χ4v) is 1.44. The molecule has 1 amide bonds. The van der Waals surface area contributed by atoms with Crippen LogP contribution in [0.25, 0.3) is 0 Å². The van der Waals surface area contributed by atoms with E-state index in [-0.39, 0.29) is 12.5 Å². The molecule has 14 heavy (non-hydrogen) atoms. The number of amides is 1. The summed E-state index contributed by atoms with van der Waals surface area (Å²) in [5.41, 5.74) is 3.38. The minimum atomic E-state index is -1.02. The van der Waals surface area contributed by atoms with E-state index in [1.54, 1.807) is 17.5 Å². The number of carboxylic acid groups (broad SMARTS) is 1. The number of thiophene rings is 1. The Balaban J connectivity index is 2.40. The number of quaternary nitrogens is 1. The molecule has 0 aromatic carbocycles. The van der Waals surface area contributed by atoms with Gasteiger partial charge in [0.05, 0.1) is 11.4 Å². The van der Waals surface area contributed by atoms with Crippen LogP contribution >= 0.6 is 11.3 Å². The normalized spacial score (nSPS) is 12.1. The van der Waals surface area contributed by atoms with E-state index in [0.717, 1.165) is 0 Å². The molecular weight excluding hydrogens is 204 g/mol. The van der Waals surface area contributed by atoms with Crippen LogP contribution in [-0.4, -0.2) is 29.6 Å². The van der Waals surface area contributed by atoms with Crippen LogP contribution in [0, 0.1) is 0 Å². The maximum Gasteiger partial charge on any atom is 0.364 e. The van der Waals surface area contributed by atoms with E-state index >= 15 is 0 Å². The second-order valence-electron chi connectivity index (χ2n) is 2.72. The summed E-state index contributed by atoms with van der Waals surface area (Å²) < 4.78 is 0. The molecule has 0 saturated carbocycles. The van der Waals surface area contributed by atoms with Crippen molar-refractivity contribution >= 4 is 23.2 Å². The van der Waals surface area contributed by atoms with E-state index in [1.165, 1.54) is 11.3 Å². The highest BCUT2D eigenvalue weighted by molar-refractivity contribution is 7.12. The number of aliphatic carboxylic acids is 1. The summed E-state index contributed by atoms with van der Waals surface area (Å²) in [7, 11) is 0. The molecule has 1 aromatic heterocycles. The maximum atomic E-state index is 11.3. The van der Waals surface area contributed by atoms with Crippen LogP contribution in [0.2, 0.25) is 0 Å². The first-order chi connectivity index (χ1) is 6.61. The Hall–Kier alpha value is -1.40. The van der Waals surface area contributed by atoms with Gasteiger partial charge in [-0.15, -0.1) is 11.3 Å². The number of hydrogen-bond donors (Lipinski definition) is 3. The zero-order chi connectivity index (χ0) is 10.6. The predicted octanol–water partition coefficient (Wildman–Crippen LogP) is -0.827. The van der Waals surface area contributed by atoms with Crippen LogP contribution in [0.4, 0.5) is 0 Å². The Kier molecular flexibility index (Phi) is 3.61. The molecule has 1 atom stereocenters. The van der Waals surface area contributed by atoms with Gasteiger partial charge < -0.3 is 16.2 Å². The largest absolute Gasteiger partial charge is 0.477 e. The molecule has 1 heterocycles. The van der Waals surface area contributed by atoms with E-state index in [9.17, 15) is 9.59 Å². The molecule has 0 radical (unpaired) electrons. The third-order valence-corrected chi connectivity index (χ3v) is 2.47. The summed E-state index contributed by atoms with van der Waals surface area (Å²) >= 11 is 1.31. The minimum Gasteiger partial charge on any atom is -0.477 e. The highest BCUT2D eigenvalue weighted by atomic mass is 32.1. The molecule has 5 nitrogen and oxygen atoms in total. The van der Waals surface area contributed by atoms with Gasteiger partial charge >= 0.3 is 5.97 Å². The summed E-state index contributed by atoms with van der Waals surface area (Å²) in [6, 6.07) is 2.64. The molecule has 1 aromatic rings. The molecule has 0 spiro atoms. The Labute approximate surface area is 84.5 Å². The molecule has 0 aliphatic carbocycles. The summed E-state index contributed by atoms with van der Waals surface area (Å²) in [5.74, 6) is -1.27. The van der Waals surface area contributed by atoms with Crippen molar-refractivity contribution in [2.45, 2.75) is 6.04 Å². The van der Waals surface area contributed by atoms with E-state index in [0.29, 0.717) is 4.88 Å². The Bertz CT molecular complexity index is 323. The highest BCUT2D eigenvalue weighted by Gasteiger charge is 2.16. The number of carboxylic acids is 1. The average Bonchev–Trinajstić information content (AvgIpc) is 2.66. The summed E-state index contributed by atoms with van der Waals surface area (Å²) in [5, 5.41) is 12.8. The summed E-state index contributed by atoms with van der Waals surface area (Å²) in [4.78, 5) is 22.3. The molecule has 5 N–H and O–H groups in total. The first-order valence-corrected chi connectivity index (χ1v) is 4.87. The van der Waals surface area contributed by atoms with Gasteiger partial charge in [0, 0.05) is 0 Å². The smallest absolute Gasteiger partial charge is 0.364 e. The molecular formula is C8H11N2O3S+. The highest BCUT2D eigenvalue weighted by Crippen LogP contribution is 2.07. The van der Waals surface area contributed by atoms with Gasteiger partial charge in [0.2, 0.25) is 0 Å². The molecule has 1 rings (SSSR count). The lowest BCUT2D eigenvalue weighted by Gasteiger charge is -2.04. The van der Waals surface area contributed by atoms with Gasteiger partial charge in [-0.2, -0.15) is 0 Å². The first-order valence-electron chi connectivity index (χ1n) is 3.99. The zero-order valence-electron chi connectivity index (χ0n) is 7.40. The zero-order valence-corrected chi connectivity index (χ0v) is 8.21. The lowest BCUT2D eigenvalue weighted by Crippen LogP contribution is -2.68. The van der Waals surface area contributed by atoms with Gasteiger partial charge in [-0.25, -0.2) is 4.79 Å². The minimum absolute atomic E-state index is 0.0477. The van der Waals surface area contributed by atoms with Gasteiger partial charge in [0.1, 0.15) is 0 Å². The van der Waals surface area contributed by atoms with E-state index < -0.39 is 12.0 Å². The number of rotatable bonds is 4. The van der Waals surface area contributed by atoms with E-state index in [4.69, 9.17) is 5.11 Å². The summed E-state index contributed by atoms with van der Waals surface area (Å²) in [6.07, 6.45) is 0. The third-order valence-electron chi connectivity index (χ3n) is 1.60. The van der Waals surface area contributed by atoms with Crippen LogP contribution in [0.15, 0.2) is 17.5 Å². The number of hydrogen-bond acceptors (Lipinski definition) is 3. The van der Waals surface area contributed by atoms with E-state index in [1.807, 2.05) is 0 Å². The second kappa shape index (κ2) is 4.73. The van der Waals surface area contributed by atoms with Crippen molar-refractivity contribution in [3.05, 3.63) is 22.4 Å². The third kappa shape index (κ3) is 2.82. The standard InChI is InChI=1S/C8H10N2O3S/c9-5(8(12)13)4-10-7(11)6-2-1-3-14-6/h1-3,5H,4,9H2,(H,10,11)(H,12,13)/p+1/t5-/m1/s1. The van der Waals surface area contributed by atoms with Crippen LogP contribution in [0.1, 0.15) is 9.67 Å². The lowest BCUT2D eigenvalue weighted by atomic mass is 10.3.